The van der Waals surface area contributed by atoms with Crippen LogP contribution in [-0.4, -0.2) is 24.2 Å². The molecule has 4 aliphatic carbocycles. The fourth-order valence-electron chi connectivity index (χ4n) is 10.3. The minimum absolute atomic E-state index is 0.0447. The molecule has 1 aromatic rings. The molecule has 0 spiro atoms. The molecule has 0 amide bonds. The molecule has 0 bridgehead atoms. The highest BCUT2D eigenvalue weighted by Gasteiger charge is 2.63. The lowest BCUT2D eigenvalue weighted by Crippen LogP contribution is -2.67. The molecular formula is C34H54N2O2. The van der Waals surface area contributed by atoms with Crippen molar-refractivity contribution in [1.82, 2.24) is 0 Å². The predicted octanol–water partition coefficient (Wildman–Crippen LogP) is 7.35. The Bertz CT molecular complexity index is 966. The van der Waals surface area contributed by atoms with Gasteiger partial charge in [-0.1, -0.05) is 58.7 Å². The summed E-state index contributed by atoms with van der Waals surface area (Å²) in [5.41, 5.74) is 15.0. The van der Waals surface area contributed by atoms with Crippen molar-refractivity contribution in [3.63, 3.8) is 0 Å². The monoisotopic (exact) mass is 522 g/mol. The van der Waals surface area contributed by atoms with E-state index in [1.807, 2.05) is 30.3 Å². The van der Waals surface area contributed by atoms with E-state index in [4.69, 9.17) is 16.2 Å². The van der Waals surface area contributed by atoms with Crippen LogP contribution in [0.1, 0.15) is 115 Å². The quantitative estimate of drug-likeness (QED) is 0.350. The second-order valence-corrected chi connectivity index (χ2v) is 14.7. The van der Waals surface area contributed by atoms with Crippen molar-refractivity contribution < 1.29 is 9.53 Å². The largest absolute Gasteiger partial charge is 0.462 e. The second-order valence-electron chi connectivity index (χ2n) is 14.7. The zero-order chi connectivity index (χ0) is 27.1. The van der Waals surface area contributed by atoms with Gasteiger partial charge in [0.15, 0.2) is 0 Å². The van der Waals surface area contributed by atoms with Crippen molar-refractivity contribution in [2.45, 2.75) is 116 Å². The van der Waals surface area contributed by atoms with Gasteiger partial charge in [0.1, 0.15) is 0 Å². The Morgan fingerprint density at radius 1 is 0.974 bits per heavy atom. The van der Waals surface area contributed by atoms with Gasteiger partial charge in [-0.25, -0.2) is 4.79 Å². The van der Waals surface area contributed by atoms with Crippen LogP contribution in [0.15, 0.2) is 30.3 Å². The van der Waals surface area contributed by atoms with E-state index >= 15 is 0 Å². The first kappa shape index (κ1) is 28.1. The summed E-state index contributed by atoms with van der Waals surface area (Å²) in [6.07, 6.45) is 15.1. The molecule has 3 unspecified atom stereocenters. The number of rotatable bonds is 8. The molecule has 0 radical (unpaired) electrons. The van der Waals surface area contributed by atoms with Crippen LogP contribution in [0.4, 0.5) is 0 Å². The van der Waals surface area contributed by atoms with E-state index < -0.39 is 0 Å². The highest BCUT2D eigenvalue weighted by atomic mass is 16.5. The van der Waals surface area contributed by atoms with E-state index in [0.29, 0.717) is 29.5 Å². The van der Waals surface area contributed by atoms with Crippen molar-refractivity contribution in [2.75, 3.05) is 6.61 Å². The fourth-order valence-corrected chi connectivity index (χ4v) is 10.3. The maximum Gasteiger partial charge on any atom is 0.338 e. The van der Waals surface area contributed by atoms with Crippen LogP contribution >= 0.6 is 0 Å². The van der Waals surface area contributed by atoms with Crippen LogP contribution in [0.2, 0.25) is 0 Å². The standard InChI is InChI=1S/C34H54N2O2/c1-23(22-38-31(37)25-11-6-5-7-12-25)9-8-10-24(2)28-13-14-29-27-16-20-34(36)21-26(35)15-19-33(34,4)30(27)17-18-32(28,29)3/h5-7,11-12,23-24,26-30H,8-10,13-22,35-36H2,1-4H3/t23?,24-,26?,27+,28-,29+,30+,32-,33-,34?/m1/s1. The average Bonchev–Trinajstić information content (AvgIpc) is 3.25. The number of hydrogen-bond donors (Lipinski definition) is 2. The van der Waals surface area contributed by atoms with Crippen LogP contribution in [0.3, 0.4) is 0 Å². The average molecular weight is 523 g/mol. The molecular weight excluding hydrogens is 468 g/mol. The highest BCUT2D eigenvalue weighted by Crippen LogP contribution is 2.68. The van der Waals surface area contributed by atoms with E-state index in [1.54, 1.807) is 0 Å². The van der Waals surface area contributed by atoms with Crippen molar-refractivity contribution in [1.29, 1.82) is 0 Å². The topological polar surface area (TPSA) is 78.3 Å². The number of ether oxygens (including phenoxy) is 1. The summed E-state index contributed by atoms with van der Waals surface area (Å²) in [6.45, 7) is 10.5. The summed E-state index contributed by atoms with van der Waals surface area (Å²) in [7, 11) is 0. The van der Waals surface area contributed by atoms with Gasteiger partial charge < -0.3 is 16.2 Å². The Morgan fingerprint density at radius 2 is 1.74 bits per heavy atom. The Labute approximate surface area is 232 Å². The molecule has 4 heteroatoms. The number of fused-ring (bicyclic) bond motifs is 5. The molecule has 0 heterocycles. The summed E-state index contributed by atoms with van der Waals surface area (Å²) >= 11 is 0. The van der Waals surface area contributed by atoms with Crippen molar-refractivity contribution in [3.05, 3.63) is 35.9 Å². The lowest BCUT2D eigenvalue weighted by atomic mass is 9.42. The van der Waals surface area contributed by atoms with E-state index in [1.165, 1.54) is 57.8 Å². The second kappa shape index (κ2) is 10.9. The molecule has 4 aliphatic rings. The van der Waals surface area contributed by atoms with Crippen molar-refractivity contribution in [3.8, 4) is 0 Å². The van der Waals surface area contributed by atoms with Gasteiger partial charge in [-0.2, -0.15) is 0 Å². The third kappa shape index (κ3) is 4.98. The van der Waals surface area contributed by atoms with Crippen LogP contribution < -0.4 is 11.5 Å². The van der Waals surface area contributed by atoms with E-state index in [-0.39, 0.29) is 16.9 Å². The van der Waals surface area contributed by atoms with Crippen LogP contribution in [0.25, 0.3) is 0 Å². The number of benzene rings is 1. The number of carbonyl (C=O) groups excluding carboxylic acids is 1. The Morgan fingerprint density at radius 3 is 2.50 bits per heavy atom. The smallest absolute Gasteiger partial charge is 0.338 e. The molecule has 0 aliphatic heterocycles. The third-order valence-electron chi connectivity index (χ3n) is 12.6. The Kier molecular flexibility index (Phi) is 8.06. The normalized spacial score (nSPS) is 41.9. The zero-order valence-electron chi connectivity index (χ0n) is 24.6. The SMILES string of the molecule is CC(CCC[C@@H](C)[C@H]1CC[C@H]2[C@@H]3CCC4(N)CC(N)CC[C@]4(C)[C@H]3CC[C@]12C)COC(=O)c1ccccc1. The molecule has 0 aromatic heterocycles. The third-order valence-corrected chi connectivity index (χ3v) is 12.6. The number of carbonyl (C=O) groups is 1. The van der Waals surface area contributed by atoms with Crippen molar-refractivity contribution in [2.24, 2.45) is 57.8 Å². The van der Waals surface area contributed by atoms with Gasteiger partial charge in [-0.3, -0.25) is 0 Å². The molecule has 4 fully saturated rings. The first-order chi connectivity index (χ1) is 18.1. The maximum absolute atomic E-state index is 12.3. The Balaban J connectivity index is 1.13. The summed E-state index contributed by atoms with van der Waals surface area (Å²) < 4.78 is 5.59. The molecule has 10 atom stereocenters. The van der Waals surface area contributed by atoms with Gasteiger partial charge >= 0.3 is 5.97 Å². The predicted molar refractivity (Wildman–Crippen MR) is 156 cm³/mol. The van der Waals surface area contributed by atoms with Gasteiger partial charge in [-0.15, -0.1) is 0 Å². The molecule has 5 rings (SSSR count). The van der Waals surface area contributed by atoms with Gasteiger partial charge in [0.25, 0.3) is 0 Å². The molecule has 1 aromatic carbocycles. The van der Waals surface area contributed by atoms with Gasteiger partial charge in [0, 0.05) is 11.6 Å². The summed E-state index contributed by atoms with van der Waals surface area (Å²) in [4.78, 5) is 12.3. The summed E-state index contributed by atoms with van der Waals surface area (Å²) in [5, 5.41) is 0. The first-order valence-electron chi connectivity index (χ1n) is 15.8. The minimum atomic E-state index is -0.203. The van der Waals surface area contributed by atoms with Gasteiger partial charge in [-0.05, 0) is 123 Å². The Hall–Kier alpha value is -1.39. The number of esters is 1. The van der Waals surface area contributed by atoms with Gasteiger partial charge in [0.05, 0.1) is 12.2 Å². The van der Waals surface area contributed by atoms with Crippen molar-refractivity contribution >= 4 is 5.97 Å². The molecule has 4 N–H and O–H groups in total. The lowest BCUT2D eigenvalue weighted by Gasteiger charge is -2.65. The van der Waals surface area contributed by atoms with Crippen LogP contribution in [0.5, 0.6) is 0 Å². The van der Waals surface area contributed by atoms with Gasteiger partial charge in [0.2, 0.25) is 0 Å². The lowest BCUT2D eigenvalue weighted by molar-refractivity contribution is -0.127. The number of nitrogens with two attached hydrogens (primary N) is 2. The molecule has 4 nitrogen and oxygen atoms in total. The molecule has 4 saturated carbocycles. The highest BCUT2D eigenvalue weighted by molar-refractivity contribution is 5.89. The summed E-state index contributed by atoms with van der Waals surface area (Å²) in [5.74, 6) is 4.34. The number of hydrogen-bond acceptors (Lipinski definition) is 4. The molecule has 212 valence electrons. The zero-order valence-corrected chi connectivity index (χ0v) is 24.6. The molecule has 38 heavy (non-hydrogen) atoms. The minimum Gasteiger partial charge on any atom is -0.462 e. The van der Waals surface area contributed by atoms with Crippen LogP contribution in [-0.2, 0) is 4.74 Å². The summed E-state index contributed by atoms with van der Waals surface area (Å²) in [6, 6.07) is 9.63. The van der Waals surface area contributed by atoms with Crippen LogP contribution in [0, 0.1) is 46.3 Å². The molecule has 0 saturated heterocycles. The maximum atomic E-state index is 12.3. The van der Waals surface area contributed by atoms with E-state index in [2.05, 4.69) is 27.7 Å². The first-order valence-corrected chi connectivity index (χ1v) is 15.8. The fraction of sp³-hybridized carbons (Fsp3) is 0.794. The van der Waals surface area contributed by atoms with E-state index in [0.717, 1.165) is 48.9 Å². The van der Waals surface area contributed by atoms with E-state index in [9.17, 15) is 4.79 Å².